The second-order valence-electron chi connectivity index (χ2n) is 2.51. The molecule has 0 nitrogen and oxygen atoms in total. The molecule has 0 saturated heterocycles. The lowest BCUT2D eigenvalue weighted by molar-refractivity contribution is 1.13. The third-order valence-electron chi connectivity index (χ3n) is 1.68. The van der Waals surface area contributed by atoms with Gasteiger partial charge in [-0.2, -0.15) is 0 Å². The van der Waals surface area contributed by atoms with Crippen LogP contribution in [0.1, 0.15) is 11.1 Å². The molecular formula is C9H10Br2. The fourth-order valence-corrected chi connectivity index (χ4v) is 1.85. The summed E-state index contributed by atoms with van der Waals surface area (Å²) in [5.41, 5.74) is 2.78. The van der Waals surface area contributed by atoms with Crippen molar-refractivity contribution < 1.29 is 0 Å². The molecule has 60 valence electrons. The van der Waals surface area contributed by atoms with Crippen molar-refractivity contribution >= 4 is 31.9 Å². The zero-order chi connectivity index (χ0) is 8.27. The van der Waals surface area contributed by atoms with Crippen LogP contribution in [0.3, 0.4) is 0 Å². The number of halogens is 2. The molecule has 1 aromatic rings. The van der Waals surface area contributed by atoms with E-state index in [1.54, 1.807) is 0 Å². The fourth-order valence-electron chi connectivity index (χ4n) is 1.01. The van der Waals surface area contributed by atoms with E-state index in [0.717, 1.165) is 11.8 Å². The normalized spacial score (nSPS) is 10.1. The van der Waals surface area contributed by atoms with E-state index in [4.69, 9.17) is 0 Å². The molecule has 0 aliphatic rings. The Morgan fingerprint density at radius 1 is 1.36 bits per heavy atom. The van der Waals surface area contributed by atoms with Crippen molar-refractivity contribution in [1.82, 2.24) is 0 Å². The largest absolute Gasteiger partial charge is 0.0924 e. The summed E-state index contributed by atoms with van der Waals surface area (Å²) in [6, 6.07) is 6.39. The highest BCUT2D eigenvalue weighted by molar-refractivity contribution is 9.10. The second-order valence-corrected chi connectivity index (χ2v) is 4.22. The van der Waals surface area contributed by atoms with E-state index < -0.39 is 0 Å². The van der Waals surface area contributed by atoms with E-state index in [2.05, 4.69) is 57.0 Å². The Hall–Kier alpha value is 0.180. The van der Waals surface area contributed by atoms with Gasteiger partial charge in [-0.3, -0.25) is 0 Å². The van der Waals surface area contributed by atoms with Crippen LogP contribution in [0.15, 0.2) is 22.7 Å². The van der Waals surface area contributed by atoms with Crippen LogP contribution in [0.2, 0.25) is 0 Å². The molecule has 0 aliphatic heterocycles. The summed E-state index contributed by atoms with van der Waals surface area (Å²) >= 11 is 6.88. The van der Waals surface area contributed by atoms with E-state index in [1.807, 2.05) is 0 Å². The van der Waals surface area contributed by atoms with E-state index >= 15 is 0 Å². The summed E-state index contributed by atoms with van der Waals surface area (Å²) < 4.78 is 1.17. The van der Waals surface area contributed by atoms with Crippen molar-refractivity contribution in [1.29, 1.82) is 0 Å². The lowest BCUT2D eigenvalue weighted by Crippen LogP contribution is -1.89. The predicted octanol–water partition coefficient (Wildman–Crippen LogP) is 3.69. The third kappa shape index (κ3) is 2.60. The van der Waals surface area contributed by atoms with Crippen molar-refractivity contribution in [3.05, 3.63) is 33.8 Å². The number of hydrogen-bond donors (Lipinski definition) is 0. The van der Waals surface area contributed by atoms with Gasteiger partial charge in [0, 0.05) is 9.80 Å². The molecule has 0 atom stereocenters. The SMILES string of the molecule is Cc1ccc(Br)cc1CCBr. The first-order valence-corrected chi connectivity index (χ1v) is 5.46. The molecule has 0 saturated carbocycles. The van der Waals surface area contributed by atoms with Crippen molar-refractivity contribution in [3.63, 3.8) is 0 Å². The summed E-state index contributed by atoms with van der Waals surface area (Å²) in [6.45, 7) is 2.14. The van der Waals surface area contributed by atoms with Crippen LogP contribution in [0, 0.1) is 6.92 Å². The third-order valence-corrected chi connectivity index (χ3v) is 2.56. The lowest BCUT2D eigenvalue weighted by atomic mass is 10.1. The summed E-state index contributed by atoms with van der Waals surface area (Å²) in [5, 5.41) is 1.03. The predicted molar refractivity (Wildman–Crippen MR) is 56.4 cm³/mol. The smallest absolute Gasteiger partial charge is 0.0178 e. The summed E-state index contributed by atoms with van der Waals surface area (Å²) in [6.07, 6.45) is 1.10. The zero-order valence-corrected chi connectivity index (χ0v) is 9.57. The van der Waals surface area contributed by atoms with E-state index in [0.29, 0.717) is 0 Å². The number of aryl methyl sites for hydroxylation is 2. The molecule has 0 heterocycles. The highest BCUT2D eigenvalue weighted by Crippen LogP contribution is 2.16. The fraction of sp³-hybridized carbons (Fsp3) is 0.333. The molecular weight excluding hydrogens is 268 g/mol. The van der Waals surface area contributed by atoms with Crippen LogP contribution < -0.4 is 0 Å². The van der Waals surface area contributed by atoms with Gasteiger partial charge in [-0.05, 0) is 36.6 Å². The molecule has 0 aromatic heterocycles. The standard InChI is InChI=1S/C9H10Br2/c1-7-2-3-9(11)6-8(7)4-5-10/h2-3,6H,4-5H2,1H3. The van der Waals surface area contributed by atoms with Crippen LogP contribution in [0.4, 0.5) is 0 Å². The molecule has 1 rings (SSSR count). The number of rotatable bonds is 2. The van der Waals surface area contributed by atoms with Gasteiger partial charge in [-0.1, -0.05) is 37.9 Å². The Bertz CT molecular complexity index is 243. The van der Waals surface area contributed by atoms with Gasteiger partial charge in [0.1, 0.15) is 0 Å². The lowest BCUT2D eigenvalue weighted by Gasteiger charge is -2.03. The molecule has 0 unspecified atom stereocenters. The van der Waals surface area contributed by atoms with Gasteiger partial charge in [-0.15, -0.1) is 0 Å². The first kappa shape index (κ1) is 9.27. The van der Waals surface area contributed by atoms with Crippen LogP contribution >= 0.6 is 31.9 Å². The number of benzene rings is 1. The van der Waals surface area contributed by atoms with Gasteiger partial charge in [0.05, 0.1) is 0 Å². The number of hydrogen-bond acceptors (Lipinski definition) is 0. The Kier molecular flexibility index (Phi) is 3.60. The Morgan fingerprint density at radius 3 is 2.73 bits per heavy atom. The summed E-state index contributed by atoms with van der Waals surface area (Å²) in [7, 11) is 0. The van der Waals surface area contributed by atoms with Gasteiger partial charge in [0.25, 0.3) is 0 Å². The molecule has 0 amide bonds. The topological polar surface area (TPSA) is 0 Å². The average molecular weight is 278 g/mol. The van der Waals surface area contributed by atoms with Gasteiger partial charge < -0.3 is 0 Å². The molecule has 0 spiro atoms. The highest BCUT2D eigenvalue weighted by Gasteiger charge is 1.97. The van der Waals surface area contributed by atoms with Gasteiger partial charge in [-0.25, -0.2) is 0 Å². The van der Waals surface area contributed by atoms with Gasteiger partial charge in [0.2, 0.25) is 0 Å². The van der Waals surface area contributed by atoms with E-state index in [-0.39, 0.29) is 0 Å². The minimum absolute atomic E-state index is 1.03. The summed E-state index contributed by atoms with van der Waals surface area (Å²) in [4.78, 5) is 0. The number of alkyl halides is 1. The molecule has 11 heavy (non-hydrogen) atoms. The van der Waals surface area contributed by atoms with Crippen molar-refractivity contribution in [2.75, 3.05) is 5.33 Å². The molecule has 1 aromatic carbocycles. The minimum atomic E-state index is 1.03. The Labute approximate surface area is 84.3 Å². The molecule has 0 bridgehead atoms. The van der Waals surface area contributed by atoms with Crippen LogP contribution in [-0.2, 0) is 6.42 Å². The average Bonchev–Trinajstić information content (AvgIpc) is 1.98. The maximum atomic E-state index is 3.45. The van der Waals surface area contributed by atoms with Crippen molar-refractivity contribution in [2.45, 2.75) is 13.3 Å². The van der Waals surface area contributed by atoms with Crippen LogP contribution in [0.25, 0.3) is 0 Å². The molecule has 0 N–H and O–H groups in total. The molecule has 2 heteroatoms. The Balaban J connectivity index is 2.93. The van der Waals surface area contributed by atoms with Crippen molar-refractivity contribution in [2.24, 2.45) is 0 Å². The van der Waals surface area contributed by atoms with Gasteiger partial charge in [0.15, 0.2) is 0 Å². The Morgan fingerprint density at radius 2 is 2.09 bits per heavy atom. The highest BCUT2D eigenvalue weighted by atomic mass is 79.9. The first-order valence-electron chi connectivity index (χ1n) is 3.55. The molecule has 0 fully saturated rings. The summed E-state index contributed by atoms with van der Waals surface area (Å²) in [5.74, 6) is 0. The van der Waals surface area contributed by atoms with Crippen molar-refractivity contribution in [3.8, 4) is 0 Å². The molecule has 0 radical (unpaired) electrons. The maximum absolute atomic E-state index is 3.45. The van der Waals surface area contributed by atoms with Crippen LogP contribution in [0.5, 0.6) is 0 Å². The monoisotopic (exact) mass is 276 g/mol. The first-order chi connectivity index (χ1) is 5.24. The second kappa shape index (κ2) is 4.27. The minimum Gasteiger partial charge on any atom is -0.0924 e. The van der Waals surface area contributed by atoms with Crippen LogP contribution in [-0.4, -0.2) is 5.33 Å². The maximum Gasteiger partial charge on any atom is 0.0178 e. The van der Waals surface area contributed by atoms with E-state index in [9.17, 15) is 0 Å². The van der Waals surface area contributed by atoms with Gasteiger partial charge >= 0.3 is 0 Å². The quantitative estimate of drug-likeness (QED) is 0.724. The molecule has 0 aliphatic carbocycles. The van der Waals surface area contributed by atoms with E-state index in [1.165, 1.54) is 15.6 Å². The zero-order valence-electron chi connectivity index (χ0n) is 6.40.